The van der Waals surface area contributed by atoms with Crippen molar-refractivity contribution >= 4 is 17.6 Å². The molecule has 1 saturated carbocycles. The predicted octanol–water partition coefficient (Wildman–Crippen LogP) is 1.48. The van der Waals surface area contributed by atoms with Crippen LogP contribution >= 0.6 is 0 Å². The highest BCUT2D eigenvalue weighted by Crippen LogP contribution is 2.40. The molecule has 3 fully saturated rings. The zero-order chi connectivity index (χ0) is 18.4. The van der Waals surface area contributed by atoms with Gasteiger partial charge in [0.15, 0.2) is 0 Å². The van der Waals surface area contributed by atoms with Crippen LogP contribution in [-0.2, 0) is 9.47 Å². The summed E-state index contributed by atoms with van der Waals surface area (Å²) < 4.78 is 11.5. The standard InChI is InChI=1S/C19H26N6O2/c20-17-22-18(21)25(19(23-17)8-2-1-3-9-19)14-6-4-13(5-7-14)16-15-10-26-11-24(15)12-27-16/h4-7,15-16H,1-3,8-12H2,(H4,20,21,22,23). The third-order valence-electron chi connectivity index (χ3n) is 6.12. The van der Waals surface area contributed by atoms with Crippen LogP contribution in [0.3, 0.4) is 0 Å². The molecule has 2 atom stereocenters. The first kappa shape index (κ1) is 17.0. The van der Waals surface area contributed by atoms with Gasteiger partial charge in [-0.3, -0.25) is 4.90 Å². The van der Waals surface area contributed by atoms with Crippen molar-refractivity contribution in [3.8, 4) is 0 Å². The maximum Gasteiger partial charge on any atom is 0.220 e. The van der Waals surface area contributed by atoms with E-state index in [1.54, 1.807) is 0 Å². The van der Waals surface area contributed by atoms with Crippen LogP contribution < -0.4 is 16.4 Å². The van der Waals surface area contributed by atoms with E-state index in [9.17, 15) is 0 Å². The average molecular weight is 370 g/mol. The number of benzene rings is 1. The maximum atomic E-state index is 6.30. The number of aliphatic imine (C=N–C) groups is 2. The molecule has 1 aliphatic carbocycles. The van der Waals surface area contributed by atoms with Gasteiger partial charge in [-0.2, -0.15) is 4.99 Å². The molecule has 1 aromatic carbocycles. The van der Waals surface area contributed by atoms with Crippen LogP contribution in [0, 0.1) is 0 Å². The number of nitrogens with zero attached hydrogens (tertiary/aromatic N) is 4. The fourth-order valence-corrected chi connectivity index (χ4v) is 4.82. The number of rotatable bonds is 2. The Kier molecular flexibility index (Phi) is 4.07. The average Bonchev–Trinajstić information content (AvgIpc) is 3.26. The van der Waals surface area contributed by atoms with Crippen molar-refractivity contribution in [3.63, 3.8) is 0 Å². The van der Waals surface area contributed by atoms with Crippen LogP contribution in [-0.4, -0.2) is 48.6 Å². The first-order valence-electron chi connectivity index (χ1n) is 9.69. The van der Waals surface area contributed by atoms with Crippen LogP contribution in [0.4, 0.5) is 5.69 Å². The molecule has 144 valence electrons. The van der Waals surface area contributed by atoms with Crippen molar-refractivity contribution in [2.24, 2.45) is 21.5 Å². The number of ether oxygens (including phenoxy) is 2. The summed E-state index contributed by atoms with van der Waals surface area (Å²) in [6.07, 6.45) is 5.38. The fraction of sp³-hybridized carbons (Fsp3) is 0.579. The Morgan fingerprint density at radius 2 is 1.81 bits per heavy atom. The van der Waals surface area contributed by atoms with Gasteiger partial charge in [0.25, 0.3) is 0 Å². The highest BCUT2D eigenvalue weighted by Gasteiger charge is 2.43. The molecule has 3 aliphatic heterocycles. The van der Waals surface area contributed by atoms with Gasteiger partial charge in [0.05, 0.1) is 12.6 Å². The minimum absolute atomic E-state index is 0.0474. The first-order valence-corrected chi connectivity index (χ1v) is 9.69. The van der Waals surface area contributed by atoms with Gasteiger partial charge >= 0.3 is 0 Å². The topological polar surface area (TPSA) is 102 Å². The summed E-state index contributed by atoms with van der Waals surface area (Å²) in [5, 5.41) is 0. The van der Waals surface area contributed by atoms with E-state index in [4.69, 9.17) is 25.9 Å². The molecule has 1 spiro atoms. The highest BCUT2D eigenvalue weighted by atomic mass is 16.6. The molecule has 1 aromatic rings. The molecule has 5 rings (SSSR count). The third-order valence-corrected chi connectivity index (χ3v) is 6.12. The van der Waals surface area contributed by atoms with Crippen molar-refractivity contribution in [2.45, 2.75) is 49.9 Å². The summed E-state index contributed by atoms with van der Waals surface area (Å²) in [6, 6.07) is 8.71. The van der Waals surface area contributed by atoms with E-state index in [0.717, 1.165) is 43.5 Å². The Balaban J connectivity index is 1.44. The second-order valence-corrected chi connectivity index (χ2v) is 7.78. The Bertz CT molecular complexity index is 771. The van der Waals surface area contributed by atoms with E-state index >= 15 is 0 Å². The lowest BCUT2D eigenvalue weighted by molar-refractivity contribution is 0.0370. The van der Waals surface area contributed by atoms with Crippen LogP contribution in [0.5, 0.6) is 0 Å². The zero-order valence-corrected chi connectivity index (χ0v) is 15.4. The molecule has 8 nitrogen and oxygen atoms in total. The quantitative estimate of drug-likeness (QED) is 0.818. The van der Waals surface area contributed by atoms with Gasteiger partial charge in [-0.15, -0.1) is 0 Å². The summed E-state index contributed by atoms with van der Waals surface area (Å²) in [4.78, 5) is 13.3. The molecular weight excluding hydrogens is 344 g/mol. The minimum atomic E-state index is -0.407. The van der Waals surface area contributed by atoms with Gasteiger partial charge in [0.2, 0.25) is 11.9 Å². The summed E-state index contributed by atoms with van der Waals surface area (Å²) in [6.45, 7) is 2.00. The largest absolute Gasteiger partial charge is 0.369 e. The van der Waals surface area contributed by atoms with Gasteiger partial charge in [-0.1, -0.05) is 18.6 Å². The van der Waals surface area contributed by atoms with E-state index < -0.39 is 5.66 Å². The van der Waals surface area contributed by atoms with Gasteiger partial charge < -0.3 is 20.9 Å². The molecule has 4 aliphatic rings. The molecule has 2 saturated heterocycles. The second kappa shape index (κ2) is 6.47. The molecular formula is C19H26N6O2. The lowest BCUT2D eigenvalue weighted by Crippen LogP contribution is -2.58. The lowest BCUT2D eigenvalue weighted by atomic mass is 9.87. The number of fused-ring (bicyclic) bond motifs is 1. The number of hydrogen-bond donors (Lipinski definition) is 2. The monoisotopic (exact) mass is 370 g/mol. The summed E-state index contributed by atoms with van der Waals surface area (Å²) in [5.41, 5.74) is 14.0. The van der Waals surface area contributed by atoms with Crippen LogP contribution in [0.15, 0.2) is 34.3 Å². The molecule has 27 heavy (non-hydrogen) atoms. The summed E-state index contributed by atoms with van der Waals surface area (Å²) >= 11 is 0. The fourth-order valence-electron chi connectivity index (χ4n) is 4.82. The number of anilines is 1. The van der Waals surface area contributed by atoms with Crippen molar-refractivity contribution in [2.75, 3.05) is 25.0 Å². The van der Waals surface area contributed by atoms with Crippen molar-refractivity contribution in [1.82, 2.24) is 4.90 Å². The Hall–Kier alpha value is -2.16. The van der Waals surface area contributed by atoms with Gasteiger partial charge in [-0.05, 0) is 43.4 Å². The van der Waals surface area contributed by atoms with Crippen molar-refractivity contribution in [1.29, 1.82) is 0 Å². The smallest absolute Gasteiger partial charge is 0.220 e. The molecule has 8 heteroatoms. The van der Waals surface area contributed by atoms with E-state index in [1.807, 2.05) is 0 Å². The van der Waals surface area contributed by atoms with E-state index in [1.165, 1.54) is 6.42 Å². The van der Waals surface area contributed by atoms with Gasteiger partial charge in [0, 0.05) is 5.69 Å². The van der Waals surface area contributed by atoms with Crippen LogP contribution in [0.2, 0.25) is 0 Å². The second-order valence-electron chi connectivity index (χ2n) is 7.78. The number of guanidine groups is 2. The van der Waals surface area contributed by atoms with E-state index in [2.05, 4.69) is 39.1 Å². The molecule has 3 heterocycles. The first-order chi connectivity index (χ1) is 13.2. The van der Waals surface area contributed by atoms with Crippen LogP contribution in [0.1, 0.15) is 43.8 Å². The van der Waals surface area contributed by atoms with Crippen molar-refractivity contribution in [3.05, 3.63) is 29.8 Å². The van der Waals surface area contributed by atoms with E-state index in [0.29, 0.717) is 25.5 Å². The van der Waals surface area contributed by atoms with Crippen LogP contribution in [0.25, 0.3) is 0 Å². The number of nitrogens with two attached hydrogens (primary N) is 2. The zero-order valence-electron chi connectivity index (χ0n) is 15.4. The van der Waals surface area contributed by atoms with Crippen molar-refractivity contribution < 1.29 is 9.47 Å². The molecule has 0 aromatic heterocycles. The maximum absolute atomic E-state index is 6.30. The van der Waals surface area contributed by atoms with Gasteiger partial charge in [-0.25, -0.2) is 9.89 Å². The lowest BCUT2D eigenvalue weighted by Gasteiger charge is -2.45. The molecule has 0 radical (unpaired) electrons. The summed E-state index contributed by atoms with van der Waals surface area (Å²) in [7, 11) is 0. The predicted molar refractivity (Wildman–Crippen MR) is 103 cm³/mol. The van der Waals surface area contributed by atoms with Gasteiger partial charge in [0.1, 0.15) is 25.2 Å². The SMILES string of the molecule is NC1=NC2(CCCCC2)N(c2ccc(C3OCN4COCC34)cc2)C(N)=N1. The third kappa shape index (κ3) is 2.79. The summed E-state index contributed by atoms with van der Waals surface area (Å²) in [5.74, 6) is 0.701. The molecule has 4 N–H and O–H groups in total. The minimum Gasteiger partial charge on any atom is -0.369 e. The van der Waals surface area contributed by atoms with E-state index in [-0.39, 0.29) is 12.1 Å². The molecule has 0 bridgehead atoms. The molecule has 2 unspecified atom stereocenters. The normalized spacial score (nSPS) is 30.3. The molecule has 0 amide bonds. The Labute approximate surface area is 158 Å². The highest BCUT2D eigenvalue weighted by molar-refractivity contribution is 6.05. The Morgan fingerprint density at radius 1 is 1.04 bits per heavy atom. The number of hydrogen-bond acceptors (Lipinski definition) is 8. The Morgan fingerprint density at radius 3 is 2.59 bits per heavy atom.